The fourth-order valence-electron chi connectivity index (χ4n) is 1.24. The Labute approximate surface area is 149 Å². The normalized spacial score (nSPS) is 14.3. The van der Waals surface area contributed by atoms with Gasteiger partial charge in [0.1, 0.15) is 0 Å². The predicted octanol–water partition coefficient (Wildman–Crippen LogP) is 2.13. The van der Waals surface area contributed by atoms with E-state index in [2.05, 4.69) is 15.6 Å². The van der Waals surface area contributed by atoms with Gasteiger partial charge in [-0.25, -0.2) is 0 Å². The lowest BCUT2D eigenvalue weighted by molar-refractivity contribution is 0.0311. The molecule has 0 fully saturated rings. The van der Waals surface area contributed by atoms with Crippen molar-refractivity contribution in [2.45, 2.75) is 51.9 Å². The maximum absolute atomic E-state index is 12.0. The van der Waals surface area contributed by atoms with E-state index in [9.17, 15) is 4.21 Å². The summed E-state index contributed by atoms with van der Waals surface area (Å²) in [6, 6.07) is 0. The lowest BCUT2D eigenvalue weighted by atomic mass is 10.1. The van der Waals surface area contributed by atoms with Crippen LogP contribution in [0.1, 0.15) is 41.5 Å². The van der Waals surface area contributed by atoms with Crippen molar-refractivity contribution >= 4 is 40.7 Å². The molecule has 1 unspecified atom stereocenters. The molecule has 2 N–H and O–H groups in total. The molecular weight excluding hydrogens is 401 g/mol. The van der Waals surface area contributed by atoms with Crippen LogP contribution in [-0.4, -0.2) is 53.0 Å². The Bertz CT molecular complexity index is 342. The van der Waals surface area contributed by atoms with Gasteiger partial charge in [0, 0.05) is 41.5 Å². The van der Waals surface area contributed by atoms with E-state index in [1.54, 1.807) is 7.11 Å². The van der Waals surface area contributed by atoms with Crippen molar-refractivity contribution in [1.29, 1.82) is 0 Å². The number of ether oxygens (including phenoxy) is 1. The van der Waals surface area contributed by atoms with E-state index in [0.717, 1.165) is 12.5 Å². The number of nitrogens with one attached hydrogen (secondary N) is 2. The highest BCUT2D eigenvalue weighted by molar-refractivity contribution is 14.0. The lowest BCUT2D eigenvalue weighted by Crippen LogP contribution is -2.41. The van der Waals surface area contributed by atoms with Crippen LogP contribution in [0.3, 0.4) is 0 Å². The number of aliphatic imine (C=N–C) groups is 1. The van der Waals surface area contributed by atoms with Crippen LogP contribution >= 0.6 is 24.0 Å². The van der Waals surface area contributed by atoms with Crippen LogP contribution in [0.25, 0.3) is 0 Å². The first-order valence-electron chi connectivity index (χ1n) is 7.08. The van der Waals surface area contributed by atoms with Crippen molar-refractivity contribution in [3.8, 4) is 0 Å². The summed E-state index contributed by atoms with van der Waals surface area (Å²) in [5, 5.41) is 6.39. The number of halogens is 1. The van der Waals surface area contributed by atoms with E-state index in [1.165, 1.54) is 0 Å². The summed E-state index contributed by atoms with van der Waals surface area (Å²) in [5.41, 5.74) is -0.281. The second-order valence-electron chi connectivity index (χ2n) is 6.25. The van der Waals surface area contributed by atoms with Gasteiger partial charge in [-0.05, 0) is 41.5 Å². The third-order valence-corrected chi connectivity index (χ3v) is 4.72. The fourth-order valence-corrected chi connectivity index (χ4v) is 2.14. The molecule has 0 aromatic rings. The highest BCUT2D eigenvalue weighted by Gasteiger charge is 2.19. The number of rotatable bonds is 7. The first-order valence-corrected chi connectivity index (χ1v) is 8.40. The van der Waals surface area contributed by atoms with Gasteiger partial charge in [0.15, 0.2) is 5.96 Å². The average Bonchev–Trinajstić information content (AvgIpc) is 2.34. The van der Waals surface area contributed by atoms with Gasteiger partial charge in [-0.15, -0.1) is 24.0 Å². The summed E-state index contributed by atoms with van der Waals surface area (Å²) in [6.45, 7) is 14.0. The van der Waals surface area contributed by atoms with Gasteiger partial charge in [0.2, 0.25) is 0 Å². The van der Waals surface area contributed by atoms with Gasteiger partial charge in [-0.3, -0.25) is 9.20 Å². The molecule has 0 aromatic carbocycles. The van der Waals surface area contributed by atoms with Crippen molar-refractivity contribution in [2.24, 2.45) is 4.99 Å². The zero-order chi connectivity index (χ0) is 15.8. The standard InChI is InChI=1S/C14H31N3O2S.HI/c1-8-15-12(17-11-14(5,6)19-7)16-9-10-20(18)13(2,3)4;/h8-11H2,1-7H3,(H2,15,16,17);1H. The third kappa shape index (κ3) is 11.3. The summed E-state index contributed by atoms with van der Waals surface area (Å²) in [4.78, 5) is 4.49. The van der Waals surface area contributed by atoms with E-state index in [-0.39, 0.29) is 34.3 Å². The maximum atomic E-state index is 12.0. The molecule has 7 heteroatoms. The van der Waals surface area contributed by atoms with E-state index in [1.807, 2.05) is 41.5 Å². The Hall–Kier alpha value is 0.110. The molecule has 0 aliphatic carbocycles. The van der Waals surface area contributed by atoms with Gasteiger partial charge in [0.05, 0.1) is 12.1 Å². The predicted molar refractivity (Wildman–Crippen MR) is 103 cm³/mol. The van der Waals surface area contributed by atoms with Gasteiger partial charge >= 0.3 is 0 Å². The molecule has 21 heavy (non-hydrogen) atoms. The van der Waals surface area contributed by atoms with Crippen LogP contribution in [0.2, 0.25) is 0 Å². The minimum atomic E-state index is -0.850. The van der Waals surface area contributed by atoms with E-state index in [0.29, 0.717) is 18.8 Å². The van der Waals surface area contributed by atoms with Crippen LogP contribution in [0.4, 0.5) is 0 Å². The van der Waals surface area contributed by atoms with Crippen LogP contribution in [0.5, 0.6) is 0 Å². The van der Waals surface area contributed by atoms with Crippen LogP contribution in [0.15, 0.2) is 4.99 Å². The highest BCUT2D eigenvalue weighted by Crippen LogP contribution is 2.10. The molecule has 0 heterocycles. The second kappa shape index (κ2) is 10.8. The summed E-state index contributed by atoms with van der Waals surface area (Å²) in [5.74, 6) is 1.35. The Kier molecular flexibility index (Phi) is 12.0. The monoisotopic (exact) mass is 433 g/mol. The summed E-state index contributed by atoms with van der Waals surface area (Å²) >= 11 is 0. The molecule has 0 amide bonds. The van der Waals surface area contributed by atoms with Crippen LogP contribution < -0.4 is 10.6 Å². The third-order valence-electron chi connectivity index (χ3n) is 2.78. The molecular formula is C14H32IN3O2S. The van der Waals surface area contributed by atoms with E-state index < -0.39 is 10.8 Å². The van der Waals surface area contributed by atoms with Crippen molar-refractivity contribution in [3.05, 3.63) is 0 Å². The van der Waals surface area contributed by atoms with Gasteiger partial charge in [-0.2, -0.15) is 0 Å². The van der Waals surface area contributed by atoms with Crippen molar-refractivity contribution < 1.29 is 8.95 Å². The fraction of sp³-hybridized carbons (Fsp3) is 0.929. The summed E-state index contributed by atoms with van der Waals surface area (Å²) in [6.07, 6.45) is 0. The molecule has 0 bridgehead atoms. The SMILES string of the molecule is CCNC(=NCC(C)(C)OC)NCCS(=O)C(C)(C)C.I. The van der Waals surface area contributed by atoms with Crippen molar-refractivity contribution in [3.63, 3.8) is 0 Å². The molecule has 128 valence electrons. The summed E-state index contributed by atoms with van der Waals surface area (Å²) < 4.78 is 17.1. The number of nitrogens with zero attached hydrogens (tertiary/aromatic N) is 1. The van der Waals surface area contributed by atoms with Gasteiger partial charge in [0.25, 0.3) is 0 Å². The molecule has 1 atom stereocenters. The average molecular weight is 433 g/mol. The topological polar surface area (TPSA) is 62.7 Å². The Morgan fingerprint density at radius 1 is 1.19 bits per heavy atom. The minimum Gasteiger partial charge on any atom is -0.377 e. The quantitative estimate of drug-likeness (QED) is 0.367. The molecule has 0 aromatic heterocycles. The van der Waals surface area contributed by atoms with E-state index >= 15 is 0 Å². The van der Waals surface area contributed by atoms with Gasteiger partial charge < -0.3 is 15.4 Å². The molecule has 0 rings (SSSR count). The first-order chi connectivity index (χ1) is 9.12. The van der Waals surface area contributed by atoms with Crippen LogP contribution in [0, 0.1) is 0 Å². The molecule has 0 saturated carbocycles. The number of hydrogen-bond acceptors (Lipinski definition) is 3. The summed E-state index contributed by atoms with van der Waals surface area (Å²) in [7, 11) is 0.833. The highest BCUT2D eigenvalue weighted by atomic mass is 127. The molecule has 0 radical (unpaired) electrons. The molecule has 0 aliphatic heterocycles. The second-order valence-corrected chi connectivity index (χ2v) is 8.57. The molecule has 5 nitrogen and oxygen atoms in total. The lowest BCUT2D eigenvalue weighted by Gasteiger charge is -2.22. The maximum Gasteiger partial charge on any atom is 0.191 e. The number of guanidine groups is 1. The number of hydrogen-bond donors (Lipinski definition) is 2. The van der Waals surface area contributed by atoms with Crippen LogP contribution in [-0.2, 0) is 15.5 Å². The molecule has 0 saturated heterocycles. The van der Waals surface area contributed by atoms with Gasteiger partial charge in [-0.1, -0.05) is 0 Å². The zero-order valence-electron chi connectivity index (χ0n) is 14.4. The Morgan fingerprint density at radius 2 is 1.76 bits per heavy atom. The van der Waals surface area contributed by atoms with Crippen molar-refractivity contribution in [2.75, 3.05) is 32.5 Å². The molecule has 0 spiro atoms. The van der Waals surface area contributed by atoms with E-state index in [4.69, 9.17) is 4.74 Å². The Balaban J connectivity index is 0. The van der Waals surface area contributed by atoms with Crippen molar-refractivity contribution in [1.82, 2.24) is 10.6 Å². The zero-order valence-corrected chi connectivity index (χ0v) is 17.6. The smallest absolute Gasteiger partial charge is 0.191 e. The number of methoxy groups -OCH3 is 1. The largest absolute Gasteiger partial charge is 0.377 e. The minimum absolute atomic E-state index is 0. The Morgan fingerprint density at radius 3 is 2.19 bits per heavy atom. The molecule has 0 aliphatic rings. The first kappa shape index (κ1) is 23.4.